The number of nitrogens with two attached hydrogens (primary N) is 1. The number of rotatable bonds is 4. The number of nitrogens with zero attached hydrogens (tertiary/aromatic N) is 1. The van der Waals surface area contributed by atoms with Crippen LogP contribution in [0, 0.1) is 0 Å². The first kappa shape index (κ1) is 14.7. The van der Waals surface area contributed by atoms with Crippen molar-refractivity contribution in [1.82, 2.24) is 4.98 Å². The fourth-order valence-electron chi connectivity index (χ4n) is 1.99. The van der Waals surface area contributed by atoms with Crippen LogP contribution in [0.4, 0.5) is 16.5 Å². The normalized spacial score (nSPS) is 10.5. The van der Waals surface area contributed by atoms with E-state index in [-0.39, 0.29) is 0 Å². The zero-order chi connectivity index (χ0) is 15.5. The molecule has 3 aromatic rings. The van der Waals surface area contributed by atoms with Crippen molar-refractivity contribution in [2.24, 2.45) is 0 Å². The minimum Gasteiger partial charge on any atom is -0.495 e. The van der Waals surface area contributed by atoms with Crippen LogP contribution in [0.25, 0.3) is 11.3 Å². The molecular formula is C16H14ClN3OS. The Balaban J connectivity index is 1.79. The maximum atomic E-state index is 6.12. The predicted octanol–water partition coefficient (Wildman–Crippen LogP) is 4.80. The van der Waals surface area contributed by atoms with Gasteiger partial charge >= 0.3 is 0 Å². The number of hydrogen-bond acceptors (Lipinski definition) is 5. The number of aromatic nitrogens is 1. The third kappa shape index (κ3) is 3.16. The van der Waals surface area contributed by atoms with Crippen LogP contribution >= 0.6 is 22.9 Å². The number of methoxy groups -OCH3 is 1. The van der Waals surface area contributed by atoms with Crippen LogP contribution in [0.15, 0.2) is 47.8 Å². The van der Waals surface area contributed by atoms with Gasteiger partial charge in [-0.3, -0.25) is 0 Å². The lowest BCUT2D eigenvalue weighted by Gasteiger charge is -2.06. The summed E-state index contributed by atoms with van der Waals surface area (Å²) in [6.07, 6.45) is 0. The molecule has 4 nitrogen and oxygen atoms in total. The van der Waals surface area contributed by atoms with Gasteiger partial charge in [-0.2, -0.15) is 0 Å². The van der Waals surface area contributed by atoms with E-state index in [1.54, 1.807) is 7.11 Å². The van der Waals surface area contributed by atoms with Gasteiger partial charge in [0.2, 0.25) is 0 Å². The van der Waals surface area contributed by atoms with Crippen molar-refractivity contribution < 1.29 is 4.74 Å². The molecule has 2 aromatic carbocycles. The van der Waals surface area contributed by atoms with Crippen LogP contribution in [-0.2, 0) is 0 Å². The van der Waals surface area contributed by atoms with Gasteiger partial charge in [0.1, 0.15) is 5.75 Å². The van der Waals surface area contributed by atoms with E-state index in [4.69, 9.17) is 22.1 Å². The molecular weight excluding hydrogens is 318 g/mol. The summed E-state index contributed by atoms with van der Waals surface area (Å²) in [5, 5.41) is 6.60. The molecule has 6 heteroatoms. The smallest absolute Gasteiger partial charge is 0.187 e. The van der Waals surface area contributed by atoms with Gasteiger partial charge in [-0.1, -0.05) is 23.7 Å². The van der Waals surface area contributed by atoms with Crippen molar-refractivity contribution in [2.75, 3.05) is 18.2 Å². The summed E-state index contributed by atoms with van der Waals surface area (Å²) in [5.41, 5.74) is 9.25. The van der Waals surface area contributed by atoms with Gasteiger partial charge in [-0.05, 0) is 30.3 Å². The van der Waals surface area contributed by atoms with Crippen molar-refractivity contribution in [3.05, 3.63) is 52.9 Å². The van der Waals surface area contributed by atoms with Gasteiger partial charge in [0, 0.05) is 22.3 Å². The van der Waals surface area contributed by atoms with E-state index in [0.29, 0.717) is 10.8 Å². The number of anilines is 3. The molecule has 0 saturated carbocycles. The summed E-state index contributed by atoms with van der Waals surface area (Å²) < 4.78 is 5.14. The second-order valence-corrected chi connectivity index (χ2v) is 5.90. The topological polar surface area (TPSA) is 60.2 Å². The highest BCUT2D eigenvalue weighted by atomic mass is 35.5. The van der Waals surface area contributed by atoms with Gasteiger partial charge in [-0.25, -0.2) is 4.98 Å². The highest BCUT2D eigenvalue weighted by Gasteiger charge is 2.06. The van der Waals surface area contributed by atoms with Crippen LogP contribution < -0.4 is 15.8 Å². The molecule has 1 aromatic heterocycles. The molecule has 0 spiro atoms. The summed E-state index contributed by atoms with van der Waals surface area (Å²) in [6, 6.07) is 13.2. The molecule has 22 heavy (non-hydrogen) atoms. The van der Waals surface area contributed by atoms with Gasteiger partial charge in [0.15, 0.2) is 5.13 Å². The first-order valence-electron chi connectivity index (χ1n) is 6.58. The van der Waals surface area contributed by atoms with E-state index < -0.39 is 0 Å². The largest absolute Gasteiger partial charge is 0.495 e. The molecule has 0 atom stereocenters. The molecule has 0 unspecified atom stereocenters. The SMILES string of the molecule is COc1ccc(Nc2nc(-c3ccc(N)cc3)cs2)cc1Cl. The number of ether oxygens (including phenoxy) is 1. The number of benzene rings is 2. The lowest BCUT2D eigenvalue weighted by molar-refractivity contribution is 0.415. The van der Waals surface area contributed by atoms with Crippen molar-refractivity contribution in [2.45, 2.75) is 0 Å². The fraction of sp³-hybridized carbons (Fsp3) is 0.0625. The molecule has 3 N–H and O–H groups in total. The average molecular weight is 332 g/mol. The number of halogens is 1. The quantitative estimate of drug-likeness (QED) is 0.674. The second kappa shape index (κ2) is 6.25. The maximum absolute atomic E-state index is 6.12. The van der Waals surface area contributed by atoms with E-state index in [9.17, 15) is 0 Å². The van der Waals surface area contributed by atoms with E-state index in [0.717, 1.165) is 27.8 Å². The summed E-state index contributed by atoms with van der Waals surface area (Å²) in [4.78, 5) is 4.57. The lowest BCUT2D eigenvalue weighted by atomic mass is 10.1. The molecule has 0 saturated heterocycles. The van der Waals surface area contributed by atoms with Gasteiger partial charge in [0.05, 0.1) is 17.8 Å². The Hall–Kier alpha value is -2.24. The van der Waals surface area contributed by atoms with Crippen molar-refractivity contribution >= 4 is 39.4 Å². The third-order valence-electron chi connectivity index (χ3n) is 3.11. The summed E-state index contributed by atoms with van der Waals surface area (Å²) in [6.45, 7) is 0. The van der Waals surface area contributed by atoms with Gasteiger partial charge in [-0.15, -0.1) is 11.3 Å². The van der Waals surface area contributed by atoms with Crippen LogP contribution in [0.1, 0.15) is 0 Å². The Bertz CT molecular complexity index is 786. The highest BCUT2D eigenvalue weighted by molar-refractivity contribution is 7.14. The molecule has 0 aliphatic heterocycles. The molecule has 0 fully saturated rings. The summed E-state index contributed by atoms with van der Waals surface area (Å²) in [5.74, 6) is 0.647. The molecule has 1 heterocycles. The van der Waals surface area contributed by atoms with E-state index >= 15 is 0 Å². The van der Waals surface area contributed by atoms with Gasteiger partial charge < -0.3 is 15.8 Å². The van der Waals surface area contributed by atoms with Crippen LogP contribution in [0.2, 0.25) is 5.02 Å². The predicted molar refractivity (Wildman–Crippen MR) is 93.2 cm³/mol. The Morgan fingerprint density at radius 2 is 1.95 bits per heavy atom. The summed E-state index contributed by atoms with van der Waals surface area (Å²) in [7, 11) is 1.59. The molecule has 0 bridgehead atoms. The Morgan fingerprint density at radius 1 is 1.18 bits per heavy atom. The molecule has 0 aliphatic carbocycles. The van der Waals surface area contributed by atoms with E-state index in [1.165, 1.54) is 11.3 Å². The number of thiazole rings is 1. The first-order valence-corrected chi connectivity index (χ1v) is 7.83. The molecule has 0 aliphatic rings. The van der Waals surface area contributed by atoms with Crippen molar-refractivity contribution in [3.63, 3.8) is 0 Å². The Morgan fingerprint density at radius 3 is 2.64 bits per heavy atom. The molecule has 0 amide bonds. The monoisotopic (exact) mass is 331 g/mol. The minimum atomic E-state index is 0.558. The average Bonchev–Trinajstić information content (AvgIpc) is 2.97. The fourth-order valence-corrected chi connectivity index (χ4v) is 2.98. The molecule has 3 rings (SSSR count). The number of nitrogens with one attached hydrogen (secondary N) is 1. The van der Waals surface area contributed by atoms with Crippen molar-refractivity contribution in [1.29, 1.82) is 0 Å². The summed E-state index contributed by atoms with van der Waals surface area (Å²) >= 11 is 7.65. The number of nitrogen functional groups attached to an aromatic ring is 1. The van der Waals surface area contributed by atoms with E-state index in [2.05, 4.69) is 10.3 Å². The maximum Gasteiger partial charge on any atom is 0.187 e. The zero-order valence-corrected chi connectivity index (χ0v) is 13.4. The van der Waals surface area contributed by atoms with E-state index in [1.807, 2.05) is 47.8 Å². The van der Waals surface area contributed by atoms with Crippen LogP contribution in [-0.4, -0.2) is 12.1 Å². The second-order valence-electron chi connectivity index (χ2n) is 4.63. The Labute approximate surface area is 137 Å². The standard InChI is InChI=1S/C16H14ClN3OS/c1-21-15-7-6-12(8-13(15)17)19-16-20-14(9-22-16)10-2-4-11(18)5-3-10/h2-9H,18H2,1H3,(H,19,20). The lowest BCUT2D eigenvalue weighted by Crippen LogP contribution is -1.91. The highest BCUT2D eigenvalue weighted by Crippen LogP contribution is 2.31. The minimum absolute atomic E-state index is 0.558. The van der Waals surface area contributed by atoms with Crippen LogP contribution in [0.5, 0.6) is 5.75 Å². The number of hydrogen-bond donors (Lipinski definition) is 2. The van der Waals surface area contributed by atoms with Crippen LogP contribution in [0.3, 0.4) is 0 Å². The molecule has 112 valence electrons. The Kier molecular flexibility index (Phi) is 4.18. The zero-order valence-electron chi connectivity index (χ0n) is 11.8. The van der Waals surface area contributed by atoms with Gasteiger partial charge in [0.25, 0.3) is 0 Å². The molecule has 0 radical (unpaired) electrons. The van der Waals surface area contributed by atoms with Crippen molar-refractivity contribution in [3.8, 4) is 17.0 Å². The first-order chi connectivity index (χ1) is 10.7. The third-order valence-corrected chi connectivity index (χ3v) is 4.17.